The Morgan fingerprint density at radius 3 is 2.44 bits per heavy atom. The highest BCUT2D eigenvalue weighted by molar-refractivity contribution is 5.32. The maximum atomic E-state index is 3.76. The van der Waals surface area contributed by atoms with Crippen LogP contribution in [0.1, 0.15) is 0 Å². The Kier molecular flexibility index (Phi) is 1.38. The summed E-state index contributed by atoms with van der Waals surface area (Å²) >= 11 is 0. The number of anilines is 1. The van der Waals surface area contributed by atoms with Gasteiger partial charge in [-0.1, -0.05) is 5.21 Å². The summed E-state index contributed by atoms with van der Waals surface area (Å²) in [6.07, 6.45) is 1.72. The molecule has 0 aliphatic rings. The van der Waals surface area contributed by atoms with Gasteiger partial charge in [-0.15, -0.1) is 5.10 Å². The van der Waals surface area contributed by atoms with Crippen molar-refractivity contribution in [3.05, 3.63) is 6.20 Å². The van der Waals surface area contributed by atoms with Crippen molar-refractivity contribution >= 4 is 5.82 Å². The van der Waals surface area contributed by atoms with Crippen molar-refractivity contribution in [1.82, 2.24) is 15.0 Å². The van der Waals surface area contributed by atoms with Crippen molar-refractivity contribution in [2.75, 3.05) is 19.0 Å². The van der Waals surface area contributed by atoms with E-state index in [4.69, 9.17) is 0 Å². The minimum atomic E-state index is 1.01. The average molecular weight is 126 g/mol. The molecule has 1 rings (SSSR count). The van der Waals surface area contributed by atoms with Gasteiger partial charge in [0.05, 0.1) is 6.20 Å². The Bertz CT molecular complexity index is 191. The highest BCUT2D eigenvalue weighted by Gasteiger charge is 1.98. The van der Waals surface area contributed by atoms with Crippen LogP contribution in [0.15, 0.2) is 6.20 Å². The van der Waals surface area contributed by atoms with E-state index in [0.29, 0.717) is 0 Å². The summed E-state index contributed by atoms with van der Waals surface area (Å²) in [6.45, 7) is 0. The Hall–Kier alpha value is -1.06. The Morgan fingerprint density at radius 1 is 1.56 bits per heavy atom. The second-order valence-electron chi connectivity index (χ2n) is 2.11. The van der Waals surface area contributed by atoms with Gasteiger partial charge >= 0.3 is 0 Å². The van der Waals surface area contributed by atoms with Crippen molar-refractivity contribution in [3.63, 3.8) is 0 Å². The summed E-state index contributed by atoms with van der Waals surface area (Å²) in [5.74, 6) is 1.01. The molecule has 1 aromatic rings. The predicted octanol–water partition coefficient (Wildman–Crippen LogP) is -0.119. The van der Waals surface area contributed by atoms with Crippen LogP contribution in [0, 0.1) is 0 Å². The summed E-state index contributed by atoms with van der Waals surface area (Å²) in [5.41, 5.74) is 0. The third kappa shape index (κ3) is 1.01. The fraction of sp³-hybridized carbons (Fsp3) is 0.600. The quantitative estimate of drug-likeness (QED) is 0.526. The Balaban J connectivity index is 2.94. The van der Waals surface area contributed by atoms with E-state index in [1.54, 1.807) is 10.9 Å². The van der Waals surface area contributed by atoms with Crippen LogP contribution >= 0.6 is 0 Å². The molecule has 0 unspecified atom stereocenters. The predicted molar refractivity (Wildman–Crippen MR) is 35.3 cm³/mol. The van der Waals surface area contributed by atoms with Gasteiger partial charge in [0.15, 0.2) is 0 Å². The molecule has 0 saturated heterocycles. The smallest absolute Gasteiger partial charge is 0.146 e. The zero-order valence-corrected chi connectivity index (χ0v) is 5.87. The lowest BCUT2D eigenvalue weighted by Gasteiger charge is -2.09. The zero-order chi connectivity index (χ0) is 6.85. The minimum absolute atomic E-state index is 1.01. The number of aromatic nitrogens is 3. The second-order valence-corrected chi connectivity index (χ2v) is 2.11. The largest absolute Gasteiger partial charge is 0.362 e. The molecule has 0 amide bonds. The van der Waals surface area contributed by atoms with Gasteiger partial charge in [-0.25, -0.2) is 4.68 Å². The fourth-order valence-corrected chi connectivity index (χ4v) is 0.689. The molecular weight excluding hydrogens is 116 g/mol. The van der Waals surface area contributed by atoms with Crippen LogP contribution in [0.5, 0.6) is 0 Å². The van der Waals surface area contributed by atoms with Crippen LogP contribution in [0.3, 0.4) is 0 Å². The SMILES string of the molecule is CN(C)c1cnnn1C. The molecule has 0 atom stereocenters. The molecule has 0 radical (unpaired) electrons. The number of aryl methyl sites for hydroxylation is 1. The molecule has 50 valence electrons. The zero-order valence-electron chi connectivity index (χ0n) is 5.87. The number of hydrogen-bond donors (Lipinski definition) is 0. The van der Waals surface area contributed by atoms with Gasteiger partial charge < -0.3 is 4.90 Å². The fourth-order valence-electron chi connectivity index (χ4n) is 0.689. The van der Waals surface area contributed by atoms with E-state index in [9.17, 15) is 0 Å². The maximum absolute atomic E-state index is 3.76. The lowest BCUT2D eigenvalue weighted by molar-refractivity contribution is 0.708. The normalized spacial score (nSPS) is 9.67. The van der Waals surface area contributed by atoms with E-state index in [-0.39, 0.29) is 0 Å². The summed E-state index contributed by atoms with van der Waals surface area (Å²) < 4.78 is 1.72. The average Bonchev–Trinajstić information content (AvgIpc) is 2.13. The van der Waals surface area contributed by atoms with E-state index in [2.05, 4.69) is 10.3 Å². The lowest BCUT2D eigenvalue weighted by atomic mass is 10.7. The molecule has 0 aliphatic carbocycles. The Morgan fingerprint density at radius 2 is 2.22 bits per heavy atom. The van der Waals surface area contributed by atoms with E-state index < -0.39 is 0 Å². The molecule has 9 heavy (non-hydrogen) atoms. The first-order chi connectivity index (χ1) is 4.22. The van der Waals surface area contributed by atoms with Crippen LogP contribution in [0.4, 0.5) is 5.82 Å². The van der Waals surface area contributed by atoms with Gasteiger partial charge in [-0.2, -0.15) is 0 Å². The van der Waals surface area contributed by atoms with Gasteiger partial charge in [0.2, 0.25) is 0 Å². The molecule has 1 aromatic heterocycles. The van der Waals surface area contributed by atoms with Crippen LogP contribution in [0.25, 0.3) is 0 Å². The van der Waals surface area contributed by atoms with Crippen LogP contribution < -0.4 is 4.90 Å². The van der Waals surface area contributed by atoms with E-state index in [1.165, 1.54) is 0 Å². The van der Waals surface area contributed by atoms with Gasteiger partial charge in [0.25, 0.3) is 0 Å². The van der Waals surface area contributed by atoms with Crippen LogP contribution in [-0.2, 0) is 7.05 Å². The van der Waals surface area contributed by atoms with Crippen molar-refractivity contribution in [1.29, 1.82) is 0 Å². The van der Waals surface area contributed by atoms with E-state index >= 15 is 0 Å². The van der Waals surface area contributed by atoms with E-state index in [0.717, 1.165) is 5.82 Å². The first-order valence-electron chi connectivity index (χ1n) is 2.74. The number of nitrogens with zero attached hydrogens (tertiary/aromatic N) is 4. The van der Waals surface area contributed by atoms with Crippen molar-refractivity contribution in [2.24, 2.45) is 7.05 Å². The molecule has 0 spiro atoms. The molecule has 4 nitrogen and oxygen atoms in total. The minimum Gasteiger partial charge on any atom is -0.362 e. The third-order valence-electron chi connectivity index (χ3n) is 1.15. The van der Waals surface area contributed by atoms with Gasteiger partial charge in [0, 0.05) is 21.1 Å². The monoisotopic (exact) mass is 126 g/mol. The molecule has 4 heteroatoms. The lowest BCUT2D eigenvalue weighted by Crippen LogP contribution is -2.12. The molecular formula is C5H10N4. The number of hydrogen-bond acceptors (Lipinski definition) is 3. The van der Waals surface area contributed by atoms with E-state index in [1.807, 2.05) is 26.0 Å². The standard InChI is InChI=1S/C5H10N4/c1-8(2)5-4-6-7-9(5)3/h4H,1-3H3. The third-order valence-corrected chi connectivity index (χ3v) is 1.15. The summed E-state index contributed by atoms with van der Waals surface area (Å²) in [4.78, 5) is 1.96. The number of rotatable bonds is 1. The van der Waals surface area contributed by atoms with Crippen molar-refractivity contribution in [2.45, 2.75) is 0 Å². The highest BCUT2D eigenvalue weighted by Crippen LogP contribution is 2.03. The molecule has 0 fully saturated rings. The first kappa shape index (κ1) is 6.07. The molecule has 0 N–H and O–H groups in total. The van der Waals surface area contributed by atoms with Crippen molar-refractivity contribution < 1.29 is 0 Å². The molecule has 1 heterocycles. The van der Waals surface area contributed by atoms with Crippen LogP contribution in [-0.4, -0.2) is 29.1 Å². The topological polar surface area (TPSA) is 34.0 Å². The molecule has 0 bridgehead atoms. The maximum Gasteiger partial charge on any atom is 0.146 e. The van der Waals surface area contributed by atoms with Gasteiger partial charge in [-0.3, -0.25) is 0 Å². The summed E-state index contributed by atoms with van der Waals surface area (Å²) in [5, 5.41) is 7.48. The highest BCUT2D eigenvalue weighted by atomic mass is 15.5. The van der Waals surface area contributed by atoms with Gasteiger partial charge in [-0.05, 0) is 0 Å². The van der Waals surface area contributed by atoms with Gasteiger partial charge in [0.1, 0.15) is 5.82 Å². The Labute approximate surface area is 54.1 Å². The molecule has 0 saturated carbocycles. The van der Waals surface area contributed by atoms with Crippen LogP contribution in [0.2, 0.25) is 0 Å². The molecule has 0 aliphatic heterocycles. The summed E-state index contributed by atoms with van der Waals surface area (Å²) in [7, 11) is 5.78. The van der Waals surface area contributed by atoms with Crippen molar-refractivity contribution in [3.8, 4) is 0 Å². The molecule has 0 aromatic carbocycles. The summed E-state index contributed by atoms with van der Waals surface area (Å²) in [6, 6.07) is 0. The second kappa shape index (κ2) is 2.05. The first-order valence-corrected chi connectivity index (χ1v) is 2.74.